The van der Waals surface area contributed by atoms with E-state index in [2.05, 4.69) is 10.3 Å². The zero-order valence-corrected chi connectivity index (χ0v) is 9.03. The van der Waals surface area contributed by atoms with Gasteiger partial charge in [-0.1, -0.05) is 0 Å². The number of benzene rings is 1. The smallest absolute Gasteiger partial charge is 0.203 e. The van der Waals surface area contributed by atoms with Gasteiger partial charge in [0.2, 0.25) is 5.95 Å². The number of aromatic nitrogens is 2. The Morgan fingerprint density at radius 2 is 2.24 bits per heavy atom. The van der Waals surface area contributed by atoms with Crippen LogP contribution in [0.5, 0.6) is 0 Å². The number of hydrogen-bond acceptors (Lipinski definition) is 2. The predicted octanol–water partition coefficient (Wildman–Crippen LogP) is 2.72. The molecule has 0 bridgehead atoms. The second kappa shape index (κ2) is 3.84. The SMILES string of the molecule is Fc1ccc(F)c(C2CCn3ccnc3N2)c1. The average molecular weight is 235 g/mol. The molecule has 1 aromatic carbocycles. The molecular formula is C12H11F2N3. The quantitative estimate of drug-likeness (QED) is 0.823. The van der Waals surface area contributed by atoms with Crippen LogP contribution in [-0.2, 0) is 6.54 Å². The van der Waals surface area contributed by atoms with Gasteiger partial charge in [0.25, 0.3) is 0 Å². The molecule has 0 saturated heterocycles. The van der Waals surface area contributed by atoms with Crippen molar-refractivity contribution in [1.82, 2.24) is 9.55 Å². The highest BCUT2D eigenvalue weighted by Gasteiger charge is 2.22. The maximum atomic E-state index is 13.6. The van der Waals surface area contributed by atoms with Crippen molar-refractivity contribution in [2.75, 3.05) is 5.32 Å². The Hall–Kier alpha value is -1.91. The van der Waals surface area contributed by atoms with Crippen LogP contribution in [0.25, 0.3) is 0 Å². The van der Waals surface area contributed by atoms with E-state index in [1.165, 1.54) is 6.07 Å². The number of fused-ring (bicyclic) bond motifs is 1. The van der Waals surface area contributed by atoms with Crippen LogP contribution in [0, 0.1) is 11.6 Å². The molecule has 3 nitrogen and oxygen atoms in total. The topological polar surface area (TPSA) is 29.9 Å². The lowest BCUT2D eigenvalue weighted by Gasteiger charge is -2.26. The van der Waals surface area contributed by atoms with Gasteiger partial charge in [-0.05, 0) is 24.6 Å². The molecule has 0 saturated carbocycles. The fourth-order valence-corrected chi connectivity index (χ4v) is 2.14. The fourth-order valence-electron chi connectivity index (χ4n) is 2.14. The summed E-state index contributed by atoms with van der Waals surface area (Å²) in [6.45, 7) is 0.753. The summed E-state index contributed by atoms with van der Waals surface area (Å²) in [5.41, 5.74) is 0.360. The van der Waals surface area contributed by atoms with E-state index in [9.17, 15) is 8.78 Å². The summed E-state index contributed by atoms with van der Waals surface area (Å²) in [5, 5.41) is 3.11. The molecule has 17 heavy (non-hydrogen) atoms. The van der Waals surface area contributed by atoms with Gasteiger partial charge in [-0.2, -0.15) is 0 Å². The first kappa shape index (κ1) is 10.3. The van der Waals surface area contributed by atoms with Gasteiger partial charge >= 0.3 is 0 Å². The number of hydrogen-bond donors (Lipinski definition) is 1. The van der Waals surface area contributed by atoms with Gasteiger partial charge in [-0.25, -0.2) is 13.8 Å². The third-order valence-corrected chi connectivity index (χ3v) is 3.01. The Kier molecular flexibility index (Phi) is 2.31. The summed E-state index contributed by atoms with van der Waals surface area (Å²) in [4.78, 5) is 4.12. The fraction of sp³-hybridized carbons (Fsp3) is 0.250. The normalized spacial score (nSPS) is 18.6. The lowest BCUT2D eigenvalue weighted by molar-refractivity contribution is 0.509. The summed E-state index contributed by atoms with van der Waals surface area (Å²) in [5.74, 6) is -0.106. The molecule has 1 aliphatic rings. The first-order chi connectivity index (χ1) is 8.24. The summed E-state index contributed by atoms with van der Waals surface area (Å²) in [6, 6.07) is 3.31. The molecular weight excluding hydrogens is 224 g/mol. The van der Waals surface area contributed by atoms with Crippen LogP contribution in [0.2, 0.25) is 0 Å². The van der Waals surface area contributed by atoms with E-state index >= 15 is 0 Å². The van der Waals surface area contributed by atoms with E-state index in [0.717, 1.165) is 18.7 Å². The zero-order chi connectivity index (χ0) is 11.8. The Labute approximate surface area is 97.1 Å². The highest BCUT2D eigenvalue weighted by molar-refractivity contribution is 5.36. The van der Waals surface area contributed by atoms with E-state index in [-0.39, 0.29) is 11.9 Å². The van der Waals surface area contributed by atoms with Gasteiger partial charge in [0.15, 0.2) is 0 Å². The standard InChI is InChI=1S/C12H11F2N3/c13-8-1-2-10(14)9(7-8)11-3-5-17-6-4-15-12(17)16-11/h1-2,4,6-7,11H,3,5H2,(H,15,16). The maximum Gasteiger partial charge on any atom is 0.203 e. The molecule has 3 rings (SSSR count). The third kappa shape index (κ3) is 1.77. The molecule has 1 unspecified atom stereocenters. The number of imidazole rings is 1. The lowest BCUT2D eigenvalue weighted by Crippen LogP contribution is -2.22. The number of halogens is 2. The van der Waals surface area contributed by atoms with Gasteiger partial charge in [0.05, 0.1) is 6.04 Å². The number of nitrogens with zero attached hydrogens (tertiary/aromatic N) is 2. The number of nitrogens with one attached hydrogen (secondary N) is 1. The Morgan fingerprint density at radius 1 is 1.35 bits per heavy atom. The highest BCUT2D eigenvalue weighted by atomic mass is 19.1. The van der Waals surface area contributed by atoms with Crippen molar-refractivity contribution in [2.45, 2.75) is 19.0 Å². The van der Waals surface area contributed by atoms with Crippen LogP contribution in [0.1, 0.15) is 18.0 Å². The largest absolute Gasteiger partial charge is 0.349 e. The van der Waals surface area contributed by atoms with Crippen molar-refractivity contribution in [2.24, 2.45) is 0 Å². The molecule has 1 aromatic heterocycles. The summed E-state index contributed by atoms with van der Waals surface area (Å²) >= 11 is 0. The molecule has 1 atom stereocenters. The minimum absolute atomic E-state index is 0.222. The summed E-state index contributed by atoms with van der Waals surface area (Å²) in [7, 11) is 0. The molecule has 0 amide bonds. The lowest BCUT2D eigenvalue weighted by atomic mass is 10.0. The minimum atomic E-state index is -0.419. The first-order valence-electron chi connectivity index (χ1n) is 5.46. The van der Waals surface area contributed by atoms with Gasteiger partial charge in [0, 0.05) is 24.5 Å². The van der Waals surface area contributed by atoms with Crippen molar-refractivity contribution < 1.29 is 8.78 Å². The monoisotopic (exact) mass is 235 g/mol. The average Bonchev–Trinajstić information content (AvgIpc) is 2.79. The Morgan fingerprint density at radius 3 is 3.12 bits per heavy atom. The molecule has 1 aliphatic heterocycles. The molecule has 1 N–H and O–H groups in total. The van der Waals surface area contributed by atoms with Crippen molar-refractivity contribution in [3.05, 3.63) is 47.8 Å². The van der Waals surface area contributed by atoms with Crippen LogP contribution in [0.15, 0.2) is 30.6 Å². The van der Waals surface area contributed by atoms with Gasteiger partial charge in [-0.3, -0.25) is 0 Å². The number of anilines is 1. The van der Waals surface area contributed by atoms with E-state index in [4.69, 9.17) is 0 Å². The van der Waals surface area contributed by atoms with Gasteiger partial charge < -0.3 is 9.88 Å². The van der Waals surface area contributed by atoms with Gasteiger partial charge in [0.1, 0.15) is 11.6 Å². The van der Waals surface area contributed by atoms with Gasteiger partial charge in [-0.15, -0.1) is 0 Å². The van der Waals surface area contributed by atoms with Crippen LogP contribution >= 0.6 is 0 Å². The van der Waals surface area contributed by atoms with E-state index in [1.807, 2.05) is 10.8 Å². The second-order valence-electron chi connectivity index (χ2n) is 4.10. The first-order valence-corrected chi connectivity index (χ1v) is 5.46. The minimum Gasteiger partial charge on any atom is -0.349 e. The molecule has 0 radical (unpaired) electrons. The predicted molar refractivity (Wildman–Crippen MR) is 59.6 cm³/mol. The maximum absolute atomic E-state index is 13.6. The molecule has 88 valence electrons. The molecule has 0 spiro atoms. The van der Waals surface area contributed by atoms with Crippen LogP contribution in [-0.4, -0.2) is 9.55 Å². The van der Waals surface area contributed by atoms with Crippen molar-refractivity contribution in [3.63, 3.8) is 0 Å². The molecule has 0 fully saturated rings. The van der Waals surface area contributed by atoms with E-state index in [1.54, 1.807) is 6.20 Å². The van der Waals surface area contributed by atoms with E-state index in [0.29, 0.717) is 17.9 Å². The zero-order valence-electron chi connectivity index (χ0n) is 9.03. The molecule has 2 heterocycles. The van der Waals surface area contributed by atoms with Crippen LogP contribution in [0.4, 0.5) is 14.7 Å². The van der Waals surface area contributed by atoms with Crippen LogP contribution < -0.4 is 5.32 Å². The Balaban J connectivity index is 1.94. The van der Waals surface area contributed by atoms with Crippen LogP contribution in [0.3, 0.4) is 0 Å². The third-order valence-electron chi connectivity index (χ3n) is 3.01. The number of rotatable bonds is 1. The number of aryl methyl sites for hydroxylation is 1. The summed E-state index contributed by atoms with van der Waals surface area (Å²) in [6.07, 6.45) is 4.26. The summed E-state index contributed by atoms with van der Waals surface area (Å²) < 4.78 is 28.7. The van der Waals surface area contributed by atoms with Crippen molar-refractivity contribution in [3.8, 4) is 0 Å². The molecule has 0 aliphatic carbocycles. The Bertz CT molecular complexity index is 550. The molecule has 5 heteroatoms. The second-order valence-corrected chi connectivity index (χ2v) is 4.10. The highest BCUT2D eigenvalue weighted by Crippen LogP contribution is 2.29. The van der Waals surface area contributed by atoms with E-state index < -0.39 is 5.82 Å². The van der Waals surface area contributed by atoms with Crippen molar-refractivity contribution in [1.29, 1.82) is 0 Å². The van der Waals surface area contributed by atoms with Crippen molar-refractivity contribution >= 4 is 5.95 Å². The molecule has 2 aromatic rings.